The fourth-order valence-electron chi connectivity index (χ4n) is 4.78. The fraction of sp³-hybridized carbons (Fsp3) is 0.333. The zero-order valence-electron chi connectivity index (χ0n) is 21.5. The molecule has 0 saturated carbocycles. The molecule has 6 nitrogen and oxygen atoms in total. The van der Waals surface area contributed by atoms with Crippen molar-refractivity contribution >= 4 is 23.6 Å². The molecule has 1 aliphatic heterocycles. The smallest absolute Gasteiger partial charge is 0.259 e. The number of methoxy groups -OCH3 is 1. The van der Waals surface area contributed by atoms with E-state index in [1.165, 1.54) is 5.56 Å². The second-order valence-corrected chi connectivity index (χ2v) is 9.78. The lowest BCUT2D eigenvalue weighted by Gasteiger charge is -2.34. The topological polar surface area (TPSA) is 54.8 Å². The number of halogens is 1. The van der Waals surface area contributed by atoms with Crippen molar-refractivity contribution in [2.45, 2.75) is 26.5 Å². The quantitative estimate of drug-likeness (QED) is 0.412. The Hall–Kier alpha value is -3.19. The van der Waals surface area contributed by atoms with E-state index >= 15 is 0 Å². The lowest BCUT2D eigenvalue weighted by atomic mass is 10.1. The summed E-state index contributed by atoms with van der Waals surface area (Å²) in [6.07, 6.45) is 5.00. The summed E-state index contributed by atoms with van der Waals surface area (Å²) < 4.78 is 7.49. The first-order valence-corrected chi connectivity index (χ1v) is 13.0. The SMILES string of the molecule is COCc1c(C(=O)N2CCN(C/C=C/c3ccccc3)CC2)c(=O)cc(C)n1CCc1cccc(Cl)c1. The number of aromatic nitrogens is 1. The lowest BCUT2D eigenvalue weighted by Crippen LogP contribution is -2.49. The summed E-state index contributed by atoms with van der Waals surface area (Å²) >= 11 is 6.15. The van der Waals surface area contributed by atoms with Crippen molar-refractivity contribution in [2.24, 2.45) is 0 Å². The summed E-state index contributed by atoms with van der Waals surface area (Å²) in [6.45, 7) is 6.23. The van der Waals surface area contributed by atoms with Gasteiger partial charge in [-0.3, -0.25) is 14.5 Å². The number of aryl methyl sites for hydroxylation is 2. The van der Waals surface area contributed by atoms with Crippen LogP contribution in [0.25, 0.3) is 6.08 Å². The minimum atomic E-state index is -0.248. The summed E-state index contributed by atoms with van der Waals surface area (Å²) in [6, 6.07) is 19.5. The molecule has 37 heavy (non-hydrogen) atoms. The minimum Gasteiger partial charge on any atom is -0.378 e. The Morgan fingerprint density at radius 2 is 1.78 bits per heavy atom. The molecule has 0 N–H and O–H groups in total. The predicted molar refractivity (Wildman–Crippen MR) is 149 cm³/mol. The van der Waals surface area contributed by atoms with Gasteiger partial charge in [0.1, 0.15) is 5.56 Å². The number of amides is 1. The van der Waals surface area contributed by atoms with Crippen molar-refractivity contribution < 1.29 is 9.53 Å². The van der Waals surface area contributed by atoms with Crippen molar-refractivity contribution in [3.63, 3.8) is 0 Å². The molecule has 1 aromatic heterocycles. The van der Waals surface area contributed by atoms with E-state index in [1.54, 1.807) is 18.1 Å². The van der Waals surface area contributed by atoms with E-state index in [-0.39, 0.29) is 23.5 Å². The number of piperazine rings is 1. The van der Waals surface area contributed by atoms with Gasteiger partial charge in [0.15, 0.2) is 5.43 Å². The van der Waals surface area contributed by atoms with Crippen LogP contribution in [-0.2, 0) is 24.3 Å². The second-order valence-electron chi connectivity index (χ2n) is 9.34. The summed E-state index contributed by atoms with van der Waals surface area (Å²) in [5.74, 6) is -0.215. The Labute approximate surface area is 223 Å². The standard InChI is InChI=1S/C30H34ClN3O3/c1-23-20-28(35)29(27(22-37-2)34(23)15-13-25-10-6-12-26(31)21-25)30(36)33-18-16-32(17-19-33)14-7-11-24-8-4-3-5-9-24/h3-12,20-21H,13-19,22H2,1-2H3/b11-7+. The van der Waals surface area contributed by atoms with E-state index < -0.39 is 0 Å². The number of nitrogens with zero attached hydrogens (tertiary/aromatic N) is 3. The van der Waals surface area contributed by atoms with Crippen molar-refractivity contribution in [1.82, 2.24) is 14.4 Å². The van der Waals surface area contributed by atoms with Crippen molar-refractivity contribution in [2.75, 3.05) is 39.8 Å². The van der Waals surface area contributed by atoms with E-state index in [9.17, 15) is 9.59 Å². The van der Waals surface area contributed by atoms with Crippen LogP contribution in [-0.4, -0.2) is 60.1 Å². The highest BCUT2D eigenvalue weighted by Crippen LogP contribution is 2.17. The molecule has 1 saturated heterocycles. The number of carbonyl (C=O) groups is 1. The van der Waals surface area contributed by atoms with Crippen molar-refractivity contribution in [1.29, 1.82) is 0 Å². The maximum Gasteiger partial charge on any atom is 0.259 e. The van der Waals surface area contributed by atoms with Gasteiger partial charge in [-0.2, -0.15) is 0 Å². The van der Waals surface area contributed by atoms with Crippen molar-refractivity contribution in [3.05, 3.63) is 110 Å². The predicted octanol–water partition coefficient (Wildman–Crippen LogP) is 4.67. The third kappa shape index (κ3) is 6.98. The van der Waals surface area contributed by atoms with Crippen molar-refractivity contribution in [3.8, 4) is 0 Å². The molecule has 0 spiro atoms. The molecular formula is C30H34ClN3O3. The number of pyridine rings is 1. The molecule has 3 aromatic rings. The highest BCUT2D eigenvalue weighted by Gasteiger charge is 2.27. The van der Waals surface area contributed by atoms with Crippen LogP contribution in [0.5, 0.6) is 0 Å². The van der Waals surface area contributed by atoms with E-state index in [0.29, 0.717) is 30.4 Å². The van der Waals surface area contributed by atoms with Gasteiger partial charge in [-0.1, -0.05) is 66.2 Å². The number of hydrogen-bond acceptors (Lipinski definition) is 4. The van der Waals surface area contributed by atoms with Crippen LogP contribution >= 0.6 is 11.6 Å². The van der Waals surface area contributed by atoms with Crippen LogP contribution in [0, 0.1) is 6.92 Å². The van der Waals surface area contributed by atoms with Gasteiger partial charge in [-0.05, 0) is 36.6 Å². The van der Waals surface area contributed by atoms with E-state index in [4.69, 9.17) is 16.3 Å². The monoisotopic (exact) mass is 519 g/mol. The molecule has 7 heteroatoms. The van der Waals surface area contributed by atoms with Gasteiger partial charge in [0.25, 0.3) is 5.91 Å². The van der Waals surface area contributed by atoms with Gasteiger partial charge in [0.05, 0.1) is 12.3 Å². The largest absolute Gasteiger partial charge is 0.378 e. The minimum absolute atomic E-state index is 0.192. The third-order valence-electron chi connectivity index (χ3n) is 6.77. The number of rotatable bonds is 9. The molecule has 0 unspecified atom stereocenters. The van der Waals surface area contributed by atoms with Crippen LogP contribution in [0.1, 0.15) is 32.9 Å². The lowest BCUT2D eigenvalue weighted by molar-refractivity contribution is 0.0642. The molecule has 0 aliphatic carbocycles. The van der Waals surface area contributed by atoms with Crippen LogP contribution in [0.4, 0.5) is 0 Å². The molecule has 0 bridgehead atoms. The Morgan fingerprint density at radius 3 is 2.49 bits per heavy atom. The highest BCUT2D eigenvalue weighted by atomic mass is 35.5. The van der Waals surface area contributed by atoms with E-state index in [0.717, 1.165) is 37.3 Å². The molecule has 2 aromatic carbocycles. The first-order chi connectivity index (χ1) is 18.0. The van der Waals surface area contributed by atoms with Crippen LogP contribution in [0.15, 0.2) is 71.5 Å². The zero-order chi connectivity index (χ0) is 26.2. The van der Waals surface area contributed by atoms with Gasteiger partial charge in [-0.25, -0.2) is 0 Å². The van der Waals surface area contributed by atoms with Gasteiger partial charge >= 0.3 is 0 Å². The molecular weight excluding hydrogens is 486 g/mol. The fourth-order valence-corrected chi connectivity index (χ4v) is 5.00. The number of benzene rings is 2. The first kappa shape index (κ1) is 26.9. The average molecular weight is 520 g/mol. The Balaban J connectivity index is 1.46. The van der Waals surface area contributed by atoms with E-state index in [1.807, 2.05) is 54.0 Å². The van der Waals surface area contributed by atoms with Gasteiger partial charge in [0.2, 0.25) is 0 Å². The summed E-state index contributed by atoms with van der Waals surface area (Å²) in [5.41, 5.74) is 3.68. The Kier molecular flexibility index (Phi) is 9.34. The third-order valence-corrected chi connectivity index (χ3v) is 7.00. The Morgan fingerprint density at radius 1 is 1.03 bits per heavy atom. The van der Waals surface area contributed by atoms with Gasteiger partial charge in [-0.15, -0.1) is 0 Å². The highest BCUT2D eigenvalue weighted by molar-refractivity contribution is 6.30. The van der Waals surface area contributed by atoms with Gasteiger partial charge in [0, 0.05) is 63.2 Å². The molecule has 2 heterocycles. The van der Waals surface area contributed by atoms with Crippen LogP contribution in [0.3, 0.4) is 0 Å². The van der Waals surface area contributed by atoms with Gasteiger partial charge < -0.3 is 14.2 Å². The summed E-state index contributed by atoms with van der Waals surface area (Å²) in [5, 5.41) is 0.691. The molecule has 194 valence electrons. The average Bonchev–Trinajstić information content (AvgIpc) is 2.89. The van der Waals surface area contributed by atoms with Crippen LogP contribution < -0.4 is 5.43 Å². The molecule has 1 fully saturated rings. The number of ether oxygens (including phenoxy) is 1. The molecule has 1 aliphatic rings. The molecule has 1 amide bonds. The molecule has 0 radical (unpaired) electrons. The number of hydrogen-bond donors (Lipinski definition) is 0. The second kappa shape index (κ2) is 12.9. The van der Waals surface area contributed by atoms with E-state index in [2.05, 4.69) is 29.2 Å². The summed E-state index contributed by atoms with van der Waals surface area (Å²) in [7, 11) is 1.59. The number of carbonyl (C=O) groups excluding carboxylic acids is 1. The Bertz CT molecular complexity index is 1300. The normalized spacial score (nSPS) is 14.4. The zero-order valence-corrected chi connectivity index (χ0v) is 22.3. The maximum atomic E-state index is 13.6. The molecule has 0 atom stereocenters. The molecule has 4 rings (SSSR count). The van der Waals surface area contributed by atoms with Crippen LogP contribution in [0.2, 0.25) is 5.02 Å². The maximum absolute atomic E-state index is 13.6. The first-order valence-electron chi connectivity index (χ1n) is 12.7. The summed E-state index contributed by atoms with van der Waals surface area (Å²) in [4.78, 5) is 30.8.